The number of aromatic nitrogens is 1. The smallest absolute Gasteiger partial charge is 0.315 e. The van der Waals surface area contributed by atoms with E-state index in [1.165, 1.54) is 4.88 Å². The molecule has 2 heterocycles. The van der Waals surface area contributed by atoms with Gasteiger partial charge in [-0.05, 0) is 33.7 Å². The number of ether oxygens (including phenoxy) is 1. The first-order valence-corrected chi connectivity index (χ1v) is 8.53. The molecule has 6 heteroatoms. The number of esters is 1. The molecule has 2 aliphatic rings. The summed E-state index contributed by atoms with van der Waals surface area (Å²) in [5, 5.41) is 1.08. The lowest BCUT2D eigenvalue weighted by atomic mass is 10.1. The molecule has 0 N–H and O–H groups in total. The van der Waals surface area contributed by atoms with E-state index < -0.39 is 0 Å². The van der Waals surface area contributed by atoms with Crippen molar-refractivity contribution in [3.8, 4) is 0 Å². The summed E-state index contributed by atoms with van der Waals surface area (Å²) in [5.74, 6) is -0.257. The molecule has 0 aromatic carbocycles. The van der Waals surface area contributed by atoms with Gasteiger partial charge in [-0.1, -0.05) is 0 Å². The van der Waals surface area contributed by atoms with Crippen molar-refractivity contribution in [1.29, 1.82) is 0 Å². The number of hydrogen-bond acceptors (Lipinski definition) is 6. The maximum atomic E-state index is 12.0. The average molecular weight is 309 g/mol. The van der Waals surface area contributed by atoms with E-state index in [2.05, 4.69) is 23.8 Å². The molecule has 1 aromatic rings. The van der Waals surface area contributed by atoms with Crippen molar-refractivity contribution in [3.05, 3.63) is 10.6 Å². The van der Waals surface area contributed by atoms with Gasteiger partial charge in [0, 0.05) is 30.6 Å². The number of nitrogens with zero attached hydrogens (tertiary/aromatic N) is 3. The summed E-state index contributed by atoms with van der Waals surface area (Å²) in [6.45, 7) is 7.67. The summed E-state index contributed by atoms with van der Waals surface area (Å²) in [5.41, 5.74) is 0.972. The monoisotopic (exact) mass is 309 g/mol. The Hall–Kier alpha value is -1.14. The van der Waals surface area contributed by atoms with Gasteiger partial charge in [-0.3, -0.25) is 4.79 Å². The number of carbonyl (C=O) groups excluding carboxylic acids is 1. The number of rotatable bonds is 3. The first-order chi connectivity index (χ1) is 10.1. The maximum Gasteiger partial charge on any atom is 0.315 e. The predicted molar refractivity (Wildman–Crippen MR) is 84.1 cm³/mol. The van der Waals surface area contributed by atoms with E-state index in [1.807, 2.05) is 6.92 Å². The second-order valence-electron chi connectivity index (χ2n) is 5.95. The summed E-state index contributed by atoms with van der Waals surface area (Å²) >= 11 is 1.76. The number of fused-ring (bicyclic) bond motifs is 1. The fourth-order valence-electron chi connectivity index (χ4n) is 3.23. The lowest BCUT2D eigenvalue weighted by molar-refractivity contribution is -0.145. The van der Waals surface area contributed by atoms with Crippen molar-refractivity contribution in [2.45, 2.75) is 38.6 Å². The Balaban J connectivity index is 1.79. The molecule has 2 unspecified atom stereocenters. The van der Waals surface area contributed by atoms with Crippen LogP contribution in [0.25, 0.3) is 0 Å². The Morgan fingerprint density at radius 3 is 3.00 bits per heavy atom. The van der Waals surface area contributed by atoms with E-state index in [0.29, 0.717) is 12.6 Å². The van der Waals surface area contributed by atoms with Crippen molar-refractivity contribution in [2.24, 2.45) is 0 Å². The van der Waals surface area contributed by atoms with Crippen molar-refractivity contribution in [3.63, 3.8) is 0 Å². The van der Waals surface area contributed by atoms with Crippen LogP contribution in [0.5, 0.6) is 0 Å². The van der Waals surface area contributed by atoms with Crippen LogP contribution in [0.3, 0.4) is 0 Å². The summed E-state index contributed by atoms with van der Waals surface area (Å²) in [7, 11) is 2.16. The molecule has 0 saturated carbocycles. The number of thiazole rings is 1. The quantitative estimate of drug-likeness (QED) is 0.798. The van der Waals surface area contributed by atoms with Crippen LogP contribution < -0.4 is 4.90 Å². The van der Waals surface area contributed by atoms with Gasteiger partial charge < -0.3 is 14.5 Å². The summed E-state index contributed by atoms with van der Waals surface area (Å²) in [6.07, 6.45) is 1.81. The van der Waals surface area contributed by atoms with Crippen LogP contribution in [0.2, 0.25) is 0 Å². The fourth-order valence-corrected chi connectivity index (χ4v) is 4.50. The number of anilines is 1. The van der Waals surface area contributed by atoms with Gasteiger partial charge in [0.1, 0.15) is 5.92 Å². The van der Waals surface area contributed by atoms with Gasteiger partial charge in [0.2, 0.25) is 0 Å². The fraction of sp³-hybridized carbons (Fsp3) is 0.733. The molecule has 2 atom stereocenters. The third-order valence-electron chi connectivity index (χ3n) is 4.35. The Labute approximate surface area is 129 Å². The number of likely N-dealkylation sites (N-methyl/N-ethyl adjacent to an activating group) is 1. The minimum atomic E-state index is -0.146. The molecule has 0 amide bonds. The van der Waals surface area contributed by atoms with Gasteiger partial charge in [0.25, 0.3) is 0 Å². The molecule has 1 aliphatic heterocycles. The maximum absolute atomic E-state index is 12.0. The molecular formula is C15H23N3O2S. The topological polar surface area (TPSA) is 45.7 Å². The molecular weight excluding hydrogens is 286 g/mol. The minimum absolute atomic E-state index is 0.112. The molecule has 116 valence electrons. The van der Waals surface area contributed by atoms with Gasteiger partial charge in [-0.15, -0.1) is 11.3 Å². The molecule has 3 rings (SSSR count). The van der Waals surface area contributed by atoms with Gasteiger partial charge in [-0.2, -0.15) is 0 Å². The third-order valence-corrected chi connectivity index (χ3v) is 5.52. The Morgan fingerprint density at radius 2 is 2.29 bits per heavy atom. The predicted octanol–water partition coefficient (Wildman–Crippen LogP) is 1.88. The normalized spacial score (nSPS) is 26.0. The second kappa shape index (κ2) is 5.93. The summed E-state index contributed by atoms with van der Waals surface area (Å²) in [6, 6.07) is 0.469. The third kappa shape index (κ3) is 2.79. The zero-order valence-corrected chi connectivity index (χ0v) is 13.8. The first kappa shape index (κ1) is 14.8. The molecule has 0 spiro atoms. The zero-order valence-electron chi connectivity index (χ0n) is 13.0. The zero-order chi connectivity index (χ0) is 15.0. The summed E-state index contributed by atoms with van der Waals surface area (Å²) in [4.78, 5) is 22.8. The molecule has 1 fully saturated rings. The van der Waals surface area contributed by atoms with E-state index in [-0.39, 0.29) is 11.9 Å². The van der Waals surface area contributed by atoms with E-state index in [4.69, 9.17) is 9.72 Å². The molecule has 0 bridgehead atoms. The SMILES string of the molecule is CCOC(=O)C1CCc2sc(N3CCN(C)CC3C)nc21. The second-order valence-corrected chi connectivity index (χ2v) is 7.01. The van der Waals surface area contributed by atoms with E-state index in [0.717, 1.165) is 43.3 Å². The van der Waals surface area contributed by atoms with Crippen LogP contribution in [0, 0.1) is 0 Å². The van der Waals surface area contributed by atoms with Gasteiger partial charge >= 0.3 is 5.97 Å². The molecule has 1 aromatic heterocycles. The van der Waals surface area contributed by atoms with Crippen molar-refractivity contribution in [2.75, 3.05) is 38.2 Å². The molecule has 1 saturated heterocycles. The standard InChI is InChI=1S/C15H23N3O2S/c1-4-20-14(19)11-5-6-12-13(11)16-15(21-12)18-8-7-17(3)9-10(18)2/h10-11H,4-9H2,1-3H3. The average Bonchev–Trinajstić information content (AvgIpc) is 2.98. The largest absolute Gasteiger partial charge is 0.465 e. The Morgan fingerprint density at radius 1 is 1.48 bits per heavy atom. The first-order valence-electron chi connectivity index (χ1n) is 7.71. The molecule has 1 aliphatic carbocycles. The Kier molecular flexibility index (Phi) is 4.17. The highest BCUT2D eigenvalue weighted by Gasteiger charge is 2.35. The van der Waals surface area contributed by atoms with Gasteiger partial charge in [0.05, 0.1) is 12.3 Å². The van der Waals surface area contributed by atoms with Crippen LogP contribution in [0.1, 0.15) is 36.8 Å². The van der Waals surface area contributed by atoms with E-state index in [1.54, 1.807) is 11.3 Å². The minimum Gasteiger partial charge on any atom is -0.465 e. The Bertz CT molecular complexity index is 531. The highest BCUT2D eigenvalue weighted by Crippen LogP contribution is 2.40. The lowest BCUT2D eigenvalue weighted by Crippen LogP contribution is -2.50. The number of aryl methyl sites for hydroxylation is 1. The van der Waals surface area contributed by atoms with Crippen LogP contribution >= 0.6 is 11.3 Å². The molecule has 0 radical (unpaired) electrons. The van der Waals surface area contributed by atoms with Gasteiger partial charge in [-0.25, -0.2) is 4.98 Å². The van der Waals surface area contributed by atoms with Crippen molar-refractivity contribution in [1.82, 2.24) is 9.88 Å². The van der Waals surface area contributed by atoms with Crippen molar-refractivity contribution < 1.29 is 9.53 Å². The van der Waals surface area contributed by atoms with Crippen LogP contribution in [0.15, 0.2) is 0 Å². The van der Waals surface area contributed by atoms with Crippen LogP contribution in [-0.4, -0.2) is 55.2 Å². The molecule has 5 nitrogen and oxygen atoms in total. The van der Waals surface area contributed by atoms with Crippen molar-refractivity contribution >= 4 is 22.4 Å². The summed E-state index contributed by atoms with van der Waals surface area (Å²) < 4.78 is 5.18. The van der Waals surface area contributed by atoms with Crippen LogP contribution in [-0.2, 0) is 16.0 Å². The number of carbonyl (C=O) groups is 1. The highest BCUT2D eigenvalue weighted by atomic mass is 32.1. The molecule has 21 heavy (non-hydrogen) atoms. The number of hydrogen-bond donors (Lipinski definition) is 0. The van der Waals surface area contributed by atoms with E-state index >= 15 is 0 Å². The number of piperazine rings is 1. The lowest BCUT2D eigenvalue weighted by Gasteiger charge is -2.38. The van der Waals surface area contributed by atoms with Crippen LogP contribution in [0.4, 0.5) is 5.13 Å². The highest BCUT2D eigenvalue weighted by molar-refractivity contribution is 7.15. The van der Waals surface area contributed by atoms with E-state index in [9.17, 15) is 4.79 Å². The van der Waals surface area contributed by atoms with Gasteiger partial charge in [0.15, 0.2) is 5.13 Å².